The van der Waals surface area contributed by atoms with Gasteiger partial charge in [-0.25, -0.2) is 4.98 Å². The van der Waals surface area contributed by atoms with Crippen LogP contribution in [0.5, 0.6) is 0 Å². The highest BCUT2D eigenvalue weighted by atomic mass is 15.1. The van der Waals surface area contributed by atoms with E-state index in [1.165, 1.54) is 132 Å². The lowest BCUT2D eigenvalue weighted by molar-refractivity contribution is 0.946. The Hall–Kier alpha value is -7.49. The standard InChI is InChI=1S/C55H37N3.C5H8/c1-2-24-56-53(9-1)58-51-23-19-36(40-21-17-34-13-11-32-6-4-8-42(40)55(32)34)27-47(51)48-28-38-15-14-37-26-46-45-25-35(39-20-16-33-12-10-31-5-3-7-41(39)54(31)33)18-22-49(45)57-50(46)29-43(37)44(38)30-52(48)58;1-3-5-4-2/h1-9,16-30,57H,10-15H2;3-5H,1H2,2H3/b;5-4-. The van der Waals surface area contributed by atoms with Crippen LogP contribution in [0.15, 0.2) is 171 Å². The number of aromatic amines is 1. The molecule has 63 heavy (non-hydrogen) atoms. The topological polar surface area (TPSA) is 33.6 Å². The molecule has 3 nitrogen and oxygen atoms in total. The Labute approximate surface area is 366 Å². The van der Waals surface area contributed by atoms with E-state index in [0.717, 1.165) is 44.3 Å². The molecule has 8 aromatic carbocycles. The first-order valence-electron chi connectivity index (χ1n) is 22.6. The number of nitrogens with zero attached hydrogens (tertiary/aromatic N) is 2. The summed E-state index contributed by atoms with van der Waals surface area (Å²) in [4.78, 5) is 8.73. The van der Waals surface area contributed by atoms with Gasteiger partial charge in [0.1, 0.15) is 5.82 Å². The third-order valence-corrected chi connectivity index (χ3v) is 14.3. The van der Waals surface area contributed by atoms with Gasteiger partial charge in [-0.3, -0.25) is 4.57 Å². The second-order valence-corrected chi connectivity index (χ2v) is 17.7. The Balaban J connectivity index is 0.000000764. The number of allylic oxidation sites excluding steroid dienone is 3. The van der Waals surface area contributed by atoms with Crippen molar-refractivity contribution in [1.82, 2.24) is 14.5 Å². The Kier molecular flexibility index (Phi) is 8.05. The lowest BCUT2D eigenvalue weighted by atomic mass is 9.84. The molecule has 1 N–H and O–H groups in total. The van der Waals surface area contributed by atoms with Crippen molar-refractivity contribution in [2.45, 2.75) is 45.4 Å². The molecule has 3 heteroatoms. The van der Waals surface area contributed by atoms with E-state index in [0.29, 0.717) is 0 Å². The Morgan fingerprint density at radius 1 is 0.476 bits per heavy atom. The number of aryl methyl sites for hydroxylation is 6. The first kappa shape index (κ1) is 36.2. The van der Waals surface area contributed by atoms with Crippen LogP contribution in [0.2, 0.25) is 0 Å². The molecule has 11 aromatic rings. The predicted octanol–water partition coefficient (Wildman–Crippen LogP) is 15.2. The Morgan fingerprint density at radius 2 is 1.06 bits per heavy atom. The second kappa shape index (κ2) is 14.0. The molecule has 0 saturated heterocycles. The third kappa shape index (κ3) is 5.49. The largest absolute Gasteiger partial charge is 0.354 e. The van der Waals surface area contributed by atoms with Gasteiger partial charge in [0.05, 0.1) is 11.0 Å². The zero-order valence-electron chi connectivity index (χ0n) is 35.4. The SMILES string of the molecule is C=C/C=C\C.c1ccc(-n2c3ccc(-c4ccc5c6c(cccc46)CC5)cc3c3cc4c(cc32)-c2cc3[nH]c5ccc(-c6ccc7c8c(cccc68)CC7)cc5c3cc2CC4)nc1. The van der Waals surface area contributed by atoms with Gasteiger partial charge in [0, 0.05) is 38.8 Å². The minimum atomic E-state index is 0.943. The molecule has 0 unspecified atom stereocenters. The van der Waals surface area contributed by atoms with Crippen LogP contribution in [0.4, 0.5) is 0 Å². The van der Waals surface area contributed by atoms with Gasteiger partial charge in [-0.1, -0.05) is 104 Å². The normalized spacial score (nSPS) is 13.7. The van der Waals surface area contributed by atoms with Gasteiger partial charge >= 0.3 is 0 Å². The fourth-order valence-corrected chi connectivity index (χ4v) is 11.5. The Bertz CT molecular complexity index is 3740. The number of benzene rings is 8. The molecule has 0 bridgehead atoms. The van der Waals surface area contributed by atoms with Crippen molar-refractivity contribution >= 4 is 65.2 Å². The van der Waals surface area contributed by atoms with E-state index < -0.39 is 0 Å². The highest BCUT2D eigenvalue weighted by Gasteiger charge is 2.24. The summed E-state index contributed by atoms with van der Waals surface area (Å²) in [5, 5.41) is 10.9. The molecule has 3 aliphatic carbocycles. The summed E-state index contributed by atoms with van der Waals surface area (Å²) in [6.45, 7) is 5.42. The van der Waals surface area contributed by atoms with E-state index in [1.807, 2.05) is 31.3 Å². The van der Waals surface area contributed by atoms with Crippen LogP contribution >= 0.6 is 0 Å². The van der Waals surface area contributed by atoms with Crippen LogP contribution in [0.3, 0.4) is 0 Å². The number of pyridine rings is 1. The minimum Gasteiger partial charge on any atom is -0.354 e. The minimum absolute atomic E-state index is 0.943. The van der Waals surface area contributed by atoms with Gasteiger partial charge in [0.25, 0.3) is 0 Å². The molecule has 3 aromatic heterocycles. The second-order valence-electron chi connectivity index (χ2n) is 17.7. The van der Waals surface area contributed by atoms with E-state index in [2.05, 4.69) is 150 Å². The molecule has 14 rings (SSSR count). The van der Waals surface area contributed by atoms with Crippen LogP contribution in [0.25, 0.3) is 104 Å². The van der Waals surface area contributed by atoms with Crippen LogP contribution < -0.4 is 0 Å². The van der Waals surface area contributed by atoms with Crippen molar-refractivity contribution in [1.29, 1.82) is 0 Å². The molecular weight excluding hydrogens is 763 g/mol. The molecule has 0 atom stereocenters. The van der Waals surface area contributed by atoms with Crippen LogP contribution in [0.1, 0.15) is 40.3 Å². The fourth-order valence-electron chi connectivity index (χ4n) is 11.5. The van der Waals surface area contributed by atoms with Crippen LogP contribution in [0, 0.1) is 0 Å². The third-order valence-electron chi connectivity index (χ3n) is 14.3. The summed E-state index contributed by atoms with van der Waals surface area (Å²) < 4.78 is 2.37. The van der Waals surface area contributed by atoms with Crippen molar-refractivity contribution in [2.24, 2.45) is 0 Å². The number of fused-ring (bicyclic) bond motifs is 9. The van der Waals surface area contributed by atoms with Gasteiger partial charge in [-0.2, -0.15) is 0 Å². The first-order chi connectivity index (χ1) is 31.1. The van der Waals surface area contributed by atoms with E-state index in [-0.39, 0.29) is 0 Å². The lowest BCUT2D eigenvalue weighted by Crippen LogP contribution is -2.04. The number of hydrogen-bond donors (Lipinski definition) is 1. The summed E-state index contributed by atoms with van der Waals surface area (Å²) >= 11 is 0. The van der Waals surface area contributed by atoms with E-state index in [4.69, 9.17) is 4.98 Å². The molecule has 0 spiro atoms. The average molecular weight is 808 g/mol. The number of aromatic nitrogens is 3. The maximum absolute atomic E-state index is 4.91. The predicted molar refractivity (Wildman–Crippen MR) is 266 cm³/mol. The van der Waals surface area contributed by atoms with Crippen molar-refractivity contribution in [3.05, 3.63) is 204 Å². The van der Waals surface area contributed by atoms with Crippen molar-refractivity contribution < 1.29 is 0 Å². The molecule has 0 amide bonds. The van der Waals surface area contributed by atoms with Crippen molar-refractivity contribution in [3.8, 4) is 39.2 Å². The number of hydrogen-bond acceptors (Lipinski definition) is 1. The van der Waals surface area contributed by atoms with Crippen molar-refractivity contribution in [2.75, 3.05) is 0 Å². The van der Waals surface area contributed by atoms with Gasteiger partial charge in [-0.05, 0) is 194 Å². The molecule has 0 saturated carbocycles. The monoisotopic (exact) mass is 807 g/mol. The highest BCUT2D eigenvalue weighted by Crippen LogP contribution is 2.45. The molecule has 0 fully saturated rings. The molecule has 3 aliphatic rings. The zero-order valence-corrected chi connectivity index (χ0v) is 35.4. The highest BCUT2D eigenvalue weighted by molar-refractivity contribution is 6.15. The average Bonchev–Trinajstić information content (AvgIpc) is 4.12. The quantitative estimate of drug-likeness (QED) is 0.177. The number of rotatable bonds is 4. The molecule has 0 aliphatic heterocycles. The summed E-state index contributed by atoms with van der Waals surface area (Å²) in [5.74, 6) is 0.943. The zero-order chi connectivity index (χ0) is 41.8. The number of H-pyrrole nitrogens is 1. The van der Waals surface area contributed by atoms with Gasteiger partial charge in [0.15, 0.2) is 0 Å². The van der Waals surface area contributed by atoms with Crippen molar-refractivity contribution in [3.63, 3.8) is 0 Å². The summed E-state index contributed by atoms with van der Waals surface area (Å²) in [5.41, 5.74) is 21.4. The lowest BCUT2D eigenvalue weighted by Gasteiger charge is -2.21. The summed E-state index contributed by atoms with van der Waals surface area (Å²) in [6, 6.07) is 53.3. The van der Waals surface area contributed by atoms with Gasteiger partial charge in [-0.15, -0.1) is 0 Å². The molecular formula is C60H45N3. The first-order valence-corrected chi connectivity index (χ1v) is 22.6. The van der Waals surface area contributed by atoms with E-state index in [9.17, 15) is 0 Å². The molecule has 3 heterocycles. The maximum atomic E-state index is 4.91. The van der Waals surface area contributed by atoms with Crippen LogP contribution in [-0.4, -0.2) is 14.5 Å². The molecule has 300 valence electrons. The smallest absolute Gasteiger partial charge is 0.137 e. The summed E-state index contributed by atoms with van der Waals surface area (Å²) in [6.07, 6.45) is 14.1. The van der Waals surface area contributed by atoms with E-state index in [1.54, 1.807) is 6.08 Å². The van der Waals surface area contributed by atoms with E-state index >= 15 is 0 Å². The molecule has 0 radical (unpaired) electrons. The van der Waals surface area contributed by atoms with Gasteiger partial charge in [0.2, 0.25) is 0 Å². The Morgan fingerprint density at radius 3 is 1.70 bits per heavy atom. The maximum Gasteiger partial charge on any atom is 0.137 e. The summed E-state index contributed by atoms with van der Waals surface area (Å²) in [7, 11) is 0. The number of nitrogens with one attached hydrogen (secondary N) is 1. The van der Waals surface area contributed by atoms with Crippen LogP contribution in [-0.2, 0) is 38.5 Å². The van der Waals surface area contributed by atoms with Gasteiger partial charge < -0.3 is 4.98 Å². The fraction of sp³-hybridized carbons (Fsp3) is 0.117.